The zero-order chi connectivity index (χ0) is 14.4. The first-order chi connectivity index (χ1) is 9.65. The second-order valence-electron chi connectivity index (χ2n) is 4.67. The first kappa shape index (κ1) is 14.1. The van der Waals surface area contributed by atoms with Crippen LogP contribution in [0.3, 0.4) is 0 Å². The van der Waals surface area contributed by atoms with Crippen molar-refractivity contribution in [3.05, 3.63) is 60.2 Å². The van der Waals surface area contributed by atoms with E-state index in [0.29, 0.717) is 17.6 Å². The van der Waals surface area contributed by atoms with E-state index in [2.05, 4.69) is 5.32 Å². The molecule has 0 atom stereocenters. The number of carbonyl (C=O) groups excluding carboxylic acids is 2. The molecule has 0 saturated heterocycles. The van der Waals surface area contributed by atoms with Gasteiger partial charge in [-0.3, -0.25) is 9.59 Å². The molecule has 2 aromatic carbocycles. The minimum atomic E-state index is -0.117. The van der Waals surface area contributed by atoms with Gasteiger partial charge in [0.1, 0.15) is 0 Å². The van der Waals surface area contributed by atoms with Gasteiger partial charge in [0.25, 0.3) is 0 Å². The maximum Gasteiger partial charge on any atom is 0.221 e. The molecule has 0 unspecified atom stereocenters. The lowest BCUT2D eigenvalue weighted by molar-refractivity contribution is -0.114. The van der Waals surface area contributed by atoms with Gasteiger partial charge in [0, 0.05) is 18.2 Å². The van der Waals surface area contributed by atoms with Crippen LogP contribution < -0.4 is 10.8 Å². The number of anilines is 1. The Hall–Kier alpha value is -2.36. The average molecular weight is 265 g/mol. The van der Waals surface area contributed by atoms with Crippen LogP contribution in [0.25, 0.3) is 0 Å². The summed E-state index contributed by atoms with van der Waals surface area (Å²) in [6.07, 6.45) is 0.490. The largest absolute Gasteiger partial charge is 0.326 e. The molecule has 0 aliphatic rings. The summed E-state index contributed by atoms with van der Waals surface area (Å²) in [5.41, 5.74) is 2.54. The molecule has 0 bridgehead atoms. The molecule has 0 fully saturated rings. The van der Waals surface area contributed by atoms with E-state index in [1.807, 2.05) is 30.3 Å². The highest BCUT2D eigenvalue weighted by atomic mass is 16.1. The van der Waals surface area contributed by atoms with Gasteiger partial charge in [-0.25, -0.2) is 0 Å². The molecule has 0 spiro atoms. The van der Waals surface area contributed by atoms with E-state index < -0.39 is 0 Å². The van der Waals surface area contributed by atoms with Gasteiger partial charge in [0.15, 0.2) is 13.1 Å². The number of benzene rings is 2. The van der Waals surface area contributed by atoms with Crippen molar-refractivity contribution in [3.63, 3.8) is 0 Å². The molecular weight excluding hydrogens is 249 g/mol. The van der Waals surface area contributed by atoms with E-state index in [0.717, 1.165) is 12.7 Å². The van der Waals surface area contributed by atoms with Gasteiger partial charge in [-0.15, -0.1) is 0 Å². The highest BCUT2D eigenvalue weighted by Gasteiger charge is 2.07. The standard InChI is InChI=1S/C16H16BNO2/c1-12(19)18-15-9-7-13(8-10-15)16(20)11-17-14-5-3-2-4-6-14/h2-10,17H,11H2,1H3,(H,18,19). The molecule has 0 aliphatic carbocycles. The smallest absolute Gasteiger partial charge is 0.221 e. The van der Waals surface area contributed by atoms with E-state index >= 15 is 0 Å². The van der Waals surface area contributed by atoms with E-state index in [-0.39, 0.29) is 11.7 Å². The van der Waals surface area contributed by atoms with Gasteiger partial charge in [0.05, 0.1) is 0 Å². The molecule has 0 saturated carbocycles. The predicted octanol–water partition coefficient (Wildman–Crippen LogP) is 2.01. The third-order valence-corrected chi connectivity index (χ3v) is 3.01. The molecule has 100 valence electrons. The third kappa shape index (κ3) is 4.09. The van der Waals surface area contributed by atoms with Crippen LogP contribution in [0, 0.1) is 0 Å². The van der Waals surface area contributed by atoms with Gasteiger partial charge in [-0.2, -0.15) is 0 Å². The fourth-order valence-corrected chi connectivity index (χ4v) is 1.99. The summed E-state index contributed by atoms with van der Waals surface area (Å²) >= 11 is 0. The van der Waals surface area contributed by atoms with E-state index in [9.17, 15) is 9.59 Å². The van der Waals surface area contributed by atoms with Gasteiger partial charge >= 0.3 is 0 Å². The van der Waals surface area contributed by atoms with Crippen LogP contribution in [0.15, 0.2) is 54.6 Å². The summed E-state index contributed by atoms with van der Waals surface area (Å²) in [7, 11) is 0.743. The highest BCUT2D eigenvalue weighted by molar-refractivity contribution is 6.57. The number of hydrogen-bond donors (Lipinski definition) is 1. The Bertz CT molecular complexity index is 594. The summed E-state index contributed by atoms with van der Waals surface area (Å²) in [6, 6.07) is 16.9. The van der Waals surface area contributed by atoms with E-state index in [4.69, 9.17) is 0 Å². The van der Waals surface area contributed by atoms with Crippen molar-refractivity contribution in [3.8, 4) is 0 Å². The monoisotopic (exact) mass is 265 g/mol. The summed E-state index contributed by atoms with van der Waals surface area (Å²) in [6.45, 7) is 1.46. The second-order valence-corrected chi connectivity index (χ2v) is 4.67. The van der Waals surface area contributed by atoms with Gasteiger partial charge < -0.3 is 5.32 Å². The molecule has 4 heteroatoms. The van der Waals surface area contributed by atoms with Crippen LogP contribution >= 0.6 is 0 Å². The maximum atomic E-state index is 12.1. The molecule has 2 rings (SSSR count). The SMILES string of the molecule is CC(=O)Nc1ccc(C(=O)CBc2ccccc2)cc1. The normalized spacial score (nSPS) is 9.85. The quantitative estimate of drug-likeness (QED) is 0.664. The number of carbonyl (C=O) groups is 2. The van der Waals surface area contributed by atoms with Crippen molar-refractivity contribution in [2.24, 2.45) is 0 Å². The van der Waals surface area contributed by atoms with E-state index in [1.165, 1.54) is 6.92 Å². The molecule has 3 nitrogen and oxygen atoms in total. The summed E-state index contributed by atoms with van der Waals surface area (Å²) in [5, 5.41) is 2.68. The lowest BCUT2D eigenvalue weighted by Gasteiger charge is -2.04. The van der Waals surface area contributed by atoms with Crippen molar-refractivity contribution in [2.45, 2.75) is 13.2 Å². The number of hydrogen-bond acceptors (Lipinski definition) is 2. The Morgan fingerprint density at radius 2 is 1.65 bits per heavy atom. The summed E-state index contributed by atoms with van der Waals surface area (Å²) in [5.74, 6) is -0.00335. The lowest BCUT2D eigenvalue weighted by atomic mass is 9.65. The molecule has 2 aromatic rings. The second kappa shape index (κ2) is 6.71. The topological polar surface area (TPSA) is 46.2 Å². The van der Waals surface area contributed by atoms with Crippen LogP contribution in [-0.2, 0) is 4.79 Å². The Labute approximate surface area is 119 Å². The highest BCUT2D eigenvalue weighted by Crippen LogP contribution is 2.11. The first-order valence-electron chi connectivity index (χ1n) is 6.60. The van der Waals surface area contributed by atoms with Crippen molar-refractivity contribution in [1.29, 1.82) is 0 Å². The fraction of sp³-hybridized carbons (Fsp3) is 0.125. The van der Waals surface area contributed by atoms with Crippen LogP contribution in [-0.4, -0.2) is 19.0 Å². The lowest BCUT2D eigenvalue weighted by Crippen LogP contribution is -2.16. The first-order valence-corrected chi connectivity index (χ1v) is 6.60. The van der Waals surface area contributed by atoms with Gasteiger partial charge in [-0.05, 0) is 30.6 Å². The van der Waals surface area contributed by atoms with Crippen molar-refractivity contribution in [2.75, 3.05) is 5.32 Å². The number of rotatable bonds is 5. The van der Waals surface area contributed by atoms with Crippen LogP contribution in [0.2, 0.25) is 6.32 Å². The average Bonchev–Trinajstić information content (AvgIpc) is 2.46. The zero-order valence-corrected chi connectivity index (χ0v) is 11.4. The van der Waals surface area contributed by atoms with Gasteiger partial charge in [0.2, 0.25) is 5.91 Å². The summed E-state index contributed by atoms with van der Waals surface area (Å²) < 4.78 is 0. The number of Topliss-reactive ketones (excluding diaryl/α,β-unsaturated/α-hetero) is 1. The minimum absolute atomic E-state index is 0.114. The summed E-state index contributed by atoms with van der Waals surface area (Å²) in [4.78, 5) is 23.0. The molecule has 1 N–H and O–H groups in total. The van der Waals surface area contributed by atoms with Crippen LogP contribution in [0.4, 0.5) is 5.69 Å². The number of amides is 1. The molecule has 0 aliphatic heterocycles. The minimum Gasteiger partial charge on any atom is -0.326 e. The maximum absolute atomic E-state index is 12.1. The predicted molar refractivity (Wildman–Crippen MR) is 83.1 cm³/mol. The molecule has 0 heterocycles. The van der Waals surface area contributed by atoms with Crippen molar-refractivity contribution >= 4 is 30.1 Å². The molecule has 1 amide bonds. The Kier molecular flexibility index (Phi) is 4.72. The molecule has 0 radical (unpaired) electrons. The van der Waals surface area contributed by atoms with Crippen molar-refractivity contribution < 1.29 is 9.59 Å². The van der Waals surface area contributed by atoms with E-state index in [1.54, 1.807) is 24.3 Å². The van der Waals surface area contributed by atoms with Crippen LogP contribution in [0.5, 0.6) is 0 Å². The Morgan fingerprint density at radius 3 is 2.25 bits per heavy atom. The Balaban J connectivity index is 1.94. The molecular formula is C16H16BNO2. The number of ketones is 1. The third-order valence-electron chi connectivity index (χ3n) is 3.01. The number of nitrogens with one attached hydrogen (secondary N) is 1. The van der Waals surface area contributed by atoms with Gasteiger partial charge in [-0.1, -0.05) is 35.8 Å². The molecule has 20 heavy (non-hydrogen) atoms. The van der Waals surface area contributed by atoms with Crippen molar-refractivity contribution in [1.82, 2.24) is 0 Å². The Morgan fingerprint density at radius 1 is 1.00 bits per heavy atom. The van der Waals surface area contributed by atoms with Crippen LogP contribution in [0.1, 0.15) is 17.3 Å². The molecule has 0 aromatic heterocycles. The zero-order valence-electron chi connectivity index (χ0n) is 11.4. The fourth-order valence-electron chi connectivity index (χ4n) is 1.99.